The van der Waals surface area contributed by atoms with E-state index in [4.69, 9.17) is 0 Å². The van der Waals surface area contributed by atoms with Crippen molar-refractivity contribution in [3.05, 3.63) is 36.2 Å². The summed E-state index contributed by atoms with van der Waals surface area (Å²) < 4.78 is 0. The van der Waals surface area contributed by atoms with Gasteiger partial charge in [0.2, 0.25) is 0 Å². The molecule has 0 saturated heterocycles. The van der Waals surface area contributed by atoms with Crippen LogP contribution in [-0.2, 0) is 0 Å². The van der Waals surface area contributed by atoms with Gasteiger partial charge >= 0.3 is 0 Å². The van der Waals surface area contributed by atoms with E-state index >= 15 is 0 Å². The van der Waals surface area contributed by atoms with Crippen LogP contribution in [0.3, 0.4) is 0 Å². The van der Waals surface area contributed by atoms with Crippen molar-refractivity contribution in [3.63, 3.8) is 0 Å². The van der Waals surface area contributed by atoms with Gasteiger partial charge in [-0.3, -0.25) is 9.98 Å². The molecule has 0 aliphatic carbocycles. The van der Waals surface area contributed by atoms with Crippen molar-refractivity contribution in [3.8, 4) is 0 Å². The molecule has 1 aliphatic rings. The Hall–Kier alpha value is -1.44. The second-order valence-corrected chi connectivity index (χ2v) is 2.31. The molecule has 0 fully saturated rings. The Morgan fingerprint density at radius 1 is 1.42 bits per heavy atom. The highest BCUT2D eigenvalue weighted by Gasteiger charge is 2.01. The molecule has 0 amide bonds. The molecule has 0 radical (unpaired) electrons. The number of allylic oxidation sites excluding steroid dienone is 4. The Bertz CT molecular complexity index is 291. The Balaban J connectivity index is 2.90. The molecular weight excluding hydrogens is 148 g/mol. The average molecular weight is 160 g/mol. The van der Waals surface area contributed by atoms with Crippen LogP contribution in [-0.4, -0.2) is 11.9 Å². The van der Waals surface area contributed by atoms with Gasteiger partial charge in [0.05, 0.1) is 11.4 Å². The van der Waals surface area contributed by atoms with Crippen molar-refractivity contribution >= 4 is 11.9 Å². The molecular formula is C10H12N2. The topological polar surface area (TPSA) is 24.7 Å². The largest absolute Gasteiger partial charge is 0.255 e. The zero-order valence-corrected chi connectivity index (χ0v) is 7.36. The number of hydrogen-bond acceptors (Lipinski definition) is 2. The summed E-state index contributed by atoms with van der Waals surface area (Å²) in [6.07, 6.45) is 11.2. The van der Waals surface area contributed by atoms with Gasteiger partial charge in [0, 0.05) is 12.4 Å². The lowest BCUT2D eigenvalue weighted by molar-refractivity contribution is 1.40. The maximum absolute atomic E-state index is 4.22. The summed E-state index contributed by atoms with van der Waals surface area (Å²) in [7, 11) is 0. The van der Waals surface area contributed by atoms with Crippen LogP contribution in [0.25, 0.3) is 0 Å². The van der Waals surface area contributed by atoms with E-state index < -0.39 is 0 Å². The first-order valence-corrected chi connectivity index (χ1v) is 3.95. The molecule has 62 valence electrons. The van der Waals surface area contributed by atoms with Crippen LogP contribution in [0, 0.1) is 0 Å². The Morgan fingerprint density at radius 3 is 2.92 bits per heavy atom. The van der Waals surface area contributed by atoms with E-state index in [-0.39, 0.29) is 0 Å². The molecule has 2 nitrogen and oxygen atoms in total. The van der Waals surface area contributed by atoms with Crippen molar-refractivity contribution in [1.82, 2.24) is 0 Å². The van der Waals surface area contributed by atoms with Crippen molar-refractivity contribution in [2.45, 2.75) is 13.8 Å². The number of aliphatic imine (C=N–C) groups is 2. The van der Waals surface area contributed by atoms with Gasteiger partial charge < -0.3 is 0 Å². The predicted octanol–water partition coefficient (Wildman–Crippen LogP) is 2.51. The smallest absolute Gasteiger partial charge is 0.0883 e. The summed E-state index contributed by atoms with van der Waals surface area (Å²) in [5, 5.41) is 0. The van der Waals surface area contributed by atoms with Crippen LogP contribution in [0.15, 0.2) is 46.2 Å². The van der Waals surface area contributed by atoms with Gasteiger partial charge in [-0.2, -0.15) is 0 Å². The van der Waals surface area contributed by atoms with Crippen molar-refractivity contribution in [1.29, 1.82) is 0 Å². The molecule has 0 spiro atoms. The first-order valence-electron chi connectivity index (χ1n) is 3.95. The normalized spacial score (nSPS) is 23.2. The van der Waals surface area contributed by atoms with E-state index in [1.54, 1.807) is 12.4 Å². The summed E-state index contributed by atoms with van der Waals surface area (Å²) in [6.45, 7) is 3.90. The number of rotatable bonds is 1. The van der Waals surface area contributed by atoms with E-state index in [1.165, 1.54) is 0 Å². The fourth-order valence-electron chi connectivity index (χ4n) is 0.895. The molecule has 0 aromatic rings. The molecule has 0 unspecified atom stereocenters. The minimum absolute atomic E-state index is 0.915. The highest BCUT2D eigenvalue weighted by atomic mass is 14.8. The van der Waals surface area contributed by atoms with Crippen LogP contribution in [0.5, 0.6) is 0 Å². The van der Waals surface area contributed by atoms with Crippen LogP contribution < -0.4 is 0 Å². The monoisotopic (exact) mass is 160 g/mol. The minimum atomic E-state index is 0.915. The number of dihydropyridines is 1. The molecule has 2 heteroatoms. The number of hydrogen-bond donors (Lipinski definition) is 0. The molecule has 0 bridgehead atoms. The van der Waals surface area contributed by atoms with Crippen molar-refractivity contribution in [2.24, 2.45) is 9.98 Å². The molecule has 0 aromatic carbocycles. The summed E-state index contributed by atoms with van der Waals surface area (Å²) in [4.78, 5) is 8.39. The third kappa shape index (κ3) is 2.02. The highest BCUT2D eigenvalue weighted by Crippen LogP contribution is 2.05. The van der Waals surface area contributed by atoms with Crippen LogP contribution in [0.2, 0.25) is 0 Å². The van der Waals surface area contributed by atoms with Gasteiger partial charge in [-0.25, -0.2) is 0 Å². The molecule has 0 saturated carbocycles. The zero-order valence-electron chi connectivity index (χ0n) is 7.36. The standard InChI is InChI=1S/C10H12N2/c1-3-7-11-10-6-5-8-12-9(10)4-2/h3-8H,1-2H3/b7-3-,9-4+,11-10-. The first kappa shape index (κ1) is 8.65. The maximum atomic E-state index is 4.22. The molecule has 0 aromatic heterocycles. The maximum Gasteiger partial charge on any atom is 0.0883 e. The second kappa shape index (κ2) is 4.44. The van der Waals surface area contributed by atoms with E-state index in [2.05, 4.69) is 9.98 Å². The van der Waals surface area contributed by atoms with Gasteiger partial charge in [0.25, 0.3) is 0 Å². The molecule has 0 atom stereocenters. The summed E-state index contributed by atoms with van der Waals surface area (Å²) in [6, 6.07) is 0. The lowest BCUT2D eigenvalue weighted by Crippen LogP contribution is -2.00. The predicted molar refractivity (Wildman–Crippen MR) is 53.6 cm³/mol. The first-order chi connectivity index (χ1) is 5.88. The molecule has 12 heavy (non-hydrogen) atoms. The summed E-state index contributed by atoms with van der Waals surface area (Å²) in [5.41, 5.74) is 1.84. The quantitative estimate of drug-likeness (QED) is 0.563. The summed E-state index contributed by atoms with van der Waals surface area (Å²) in [5.74, 6) is 0. The fourth-order valence-corrected chi connectivity index (χ4v) is 0.895. The molecule has 1 heterocycles. The second-order valence-electron chi connectivity index (χ2n) is 2.31. The minimum Gasteiger partial charge on any atom is -0.255 e. The molecule has 1 aliphatic heterocycles. The van der Waals surface area contributed by atoms with E-state index in [0.717, 1.165) is 11.4 Å². The van der Waals surface area contributed by atoms with Gasteiger partial charge in [-0.15, -0.1) is 0 Å². The van der Waals surface area contributed by atoms with E-state index in [1.807, 2.05) is 38.2 Å². The number of nitrogens with zero attached hydrogens (tertiary/aromatic N) is 2. The SMILES string of the molecule is C\C=C/N=C1/C=CC=N/C1=C/C. The Kier molecular flexibility index (Phi) is 3.20. The van der Waals surface area contributed by atoms with Crippen molar-refractivity contribution < 1.29 is 0 Å². The van der Waals surface area contributed by atoms with Crippen molar-refractivity contribution in [2.75, 3.05) is 0 Å². The molecule has 0 N–H and O–H groups in total. The lowest BCUT2D eigenvalue weighted by Gasteiger charge is -2.02. The Morgan fingerprint density at radius 2 is 2.25 bits per heavy atom. The van der Waals surface area contributed by atoms with Crippen LogP contribution in [0.1, 0.15) is 13.8 Å². The van der Waals surface area contributed by atoms with Gasteiger partial charge in [-0.05, 0) is 26.0 Å². The third-order valence-corrected chi connectivity index (χ3v) is 1.45. The van der Waals surface area contributed by atoms with Gasteiger partial charge in [0.1, 0.15) is 0 Å². The third-order valence-electron chi connectivity index (χ3n) is 1.45. The highest BCUT2D eigenvalue weighted by molar-refractivity contribution is 6.12. The van der Waals surface area contributed by atoms with Gasteiger partial charge in [-0.1, -0.05) is 12.2 Å². The Labute approximate surface area is 72.7 Å². The van der Waals surface area contributed by atoms with Gasteiger partial charge in [0.15, 0.2) is 0 Å². The molecule has 1 rings (SSSR count). The van der Waals surface area contributed by atoms with E-state index in [0.29, 0.717) is 0 Å². The van der Waals surface area contributed by atoms with Crippen LogP contribution in [0.4, 0.5) is 0 Å². The lowest BCUT2D eigenvalue weighted by atomic mass is 10.2. The zero-order chi connectivity index (χ0) is 8.81. The fraction of sp³-hybridized carbons (Fsp3) is 0.200. The van der Waals surface area contributed by atoms with Crippen LogP contribution >= 0.6 is 0 Å². The van der Waals surface area contributed by atoms with E-state index in [9.17, 15) is 0 Å². The average Bonchev–Trinajstić information content (AvgIpc) is 2.15. The summed E-state index contributed by atoms with van der Waals surface area (Å²) >= 11 is 0.